The lowest BCUT2D eigenvalue weighted by molar-refractivity contribution is -0.156. The van der Waals surface area contributed by atoms with Crippen LogP contribution in [0.1, 0.15) is 40.5 Å². The smallest absolute Gasteiger partial charge is 0.326 e. The van der Waals surface area contributed by atoms with Crippen LogP contribution in [-0.2, 0) is 9.53 Å². The van der Waals surface area contributed by atoms with Crippen LogP contribution in [0.25, 0.3) is 0 Å². The van der Waals surface area contributed by atoms with Crippen LogP contribution in [0.2, 0.25) is 0 Å². The molecule has 0 bridgehead atoms. The van der Waals surface area contributed by atoms with Gasteiger partial charge in [-0.1, -0.05) is 13.8 Å². The van der Waals surface area contributed by atoms with E-state index in [0.717, 1.165) is 12.8 Å². The second-order valence-corrected chi connectivity index (χ2v) is 5.29. The van der Waals surface area contributed by atoms with Crippen LogP contribution in [0.4, 0.5) is 0 Å². The number of carbonyl (C=O) groups is 1. The zero-order valence-electron chi connectivity index (χ0n) is 10.5. The van der Waals surface area contributed by atoms with Gasteiger partial charge in [0.15, 0.2) is 0 Å². The molecule has 0 aromatic rings. The molecule has 0 saturated heterocycles. The van der Waals surface area contributed by atoms with E-state index in [1.807, 2.05) is 0 Å². The van der Waals surface area contributed by atoms with E-state index in [0.29, 0.717) is 17.9 Å². The lowest BCUT2D eigenvalue weighted by Crippen LogP contribution is -2.63. The highest BCUT2D eigenvalue weighted by Crippen LogP contribution is 2.43. The first-order valence-electron chi connectivity index (χ1n) is 5.77. The summed E-state index contributed by atoms with van der Waals surface area (Å²) in [7, 11) is 1.47. The van der Waals surface area contributed by atoms with E-state index in [1.54, 1.807) is 0 Å². The summed E-state index contributed by atoms with van der Waals surface area (Å²) in [5.74, 6) is 1.19. The lowest BCUT2D eigenvalue weighted by Gasteiger charge is -2.48. The molecule has 1 rings (SSSR count). The third-order valence-electron chi connectivity index (χ3n) is 3.31. The highest BCUT2D eigenvalue weighted by atomic mass is 16.5. The second-order valence-electron chi connectivity index (χ2n) is 5.29. The van der Waals surface area contributed by atoms with Gasteiger partial charge in [0, 0.05) is 6.04 Å². The molecule has 1 aliphatic rings. The van der Waals surface area contributed by atoms with Crippen molar-refractivity contribution in [2.75, 3.05) is 7.11 Å². The number of methoxy groups -OCH3 is 1. The molecule has 0 spiro atoms. The molecule has 0 radical (unpaired) electrons. The van der Waals surface area contributed by atoms with E-state index >= 15 is 0 Å². The molecule has 88 valence electrons. The summed E-state index contributed by atoms with van der Waals surface area (Å²) < 4.78 is 4.89. The fraction of sp³-hybridized carbons (Fsp3) is 0.917. The molecule has 15 heavy (non-hydrogen) atoms. The van der Waals surface area contributed by atoms with Gasteiger partial charge in [0.1, 0.15) is 5.54 Å². The maximum atomic E-state index is 11.7. The molecule has 0 unspecified atom stereocenters. The number of ether oxygens (including phenoxy) is 1. The van der Waals surface area contributed by atoms with Gasteiger partial charge in [-0.05, 0) is 38.5 Å². The van der Waals surface area contributed by atoms with Gasteiger partial charge in [0.05, 0.1) is 7.11 Å². The maximum absolute atomic E-state index is 11.7. The molecule has 0 amide bonds. The highest BCUT2D eigenvalue weighted by molar-refractivity contribution is 5.82. The first-order chi connectivity index (χ1) is 6.91. The van der Waals surface area contributed by atoms with Gasteiger partial charge in [-0.2, -0.15) is 0 Å². The van der Waals surface area contributed by atoms with Gasteiger partial charge >= 0.3 is 5.97 Å². The Kier molecular flexibility index (Phi) is 3.77. The van der Waals surface area contributed by atoms with Crippen LogP contribution in [0.5, 0.6) is 0 Å². The largest absolute Gasteiger partial charge is 0.468 e. The van der Waals surface area contributed by atoms with Crippen molar-refractivity contribution >= 4 is 5.97 Å². The summed E-state index contributed by atoms with van der Waals surface area (Å²) in [6.07, 6.45) is 1.82. The predicted octanol–water partition coefficient (Wildman–Crippen LogP) is 1.96. The first-order valence-corrected chi connectivity index (χ1v) is 5.77. The van der Waals surface area contributed by atoms with Crippen LogP contribution >= 0.6 is 0 Å². The number of carbonyl (C=O) groups excluding carboxylic acids is 1. The maximum Gasteiger partial charge on any atom is 0.326 e. The van der Waals surface area contributed by atoms with Crippen LogP contribution in [0, 0.1) is 11.8 Å². The Morgan fingerprint density at radius 1 is 1.33 bits per heavy atom. The van der Waals surface area contributed by atoms with Gasteiger partial charge < -0.3 is 4.74 Å². The highest BCUT2D eigenvalue weighted by Gasteiger charge is 2.51. The topological polar surface area (TPSA) is 38.3 Å². The van der Waals surface area contributed by atoms with Gasteiger partial charge in [0.25, 0.3) is 0 Å². The minimum absolute atomic E-state index is 0.104. The third kappa shape index (κ3) is 2.51. The normalized spacial score (nSPS) is 30.5. The SMILES string of the molecule is COC(=O)C1(NC(C)C)CC(C(C)C)C1. The molecule has 0 atom stereocenters. The van der Waals surface area contributed by atoms with Crippen molar-refractivity contribution in [1.29, 1.82) is 0 Å². The zero-order chi connectivity index (χ0) is 11.6. The number of nitrogens with one attached hydrogen (secondary N) is 1. The average Bonchev–Trinajstić information content (AvgIpc) is 2.08. The molecule has 0 heterocycles. The predicted molar refractivity (Wildman–Crippen MR) is 60.6 cm³/mol. The zero-order valence-corrected chi connectivity index (χ0v) is 10.5. The van der Waals surface area contributed by atoms with Gasteiger partial charge in [-0.25, -0.2) is 0 Å². The Morgan fingerprint density at radius 2 is 1.87 bits per heavy atom. The van der Waals surface area contributed by atoms with Crippen molar-refractivity contribution in [1.82, 2.24) is 5.32 Å². The van der Waals surface area contributed by atoms with E-state index in [2.05, 4.69) is 33.0 Å². The van der Waals surface area contributed by atoms with Gasteiger partial charge in [-0.15, -0.1) is 0 Å². The molecular weight excluding hydrogens is 190 g/mol. The van der Waals surface area contributed by atoms with Crippen LogP contribution < -0.4 is 5.32 Å². The molecule has 3 heteroatoms. The van der Waals surface area contributed by atoms with Crippen molar-refractivity contribution in [3.63, 3.8) is 0 Å². The van der Waals surface area contributed by atoms with Gasteiger partial charge in [0.2, 0.25) is 0 Å². The summed E-state index contributed by atoms with van der Waals surface area (Å²) in [6.45, 7) is 8.54. The van der Waals surface area contributed by atoms with Crippen LogP contribution in [-0.4, -0.2) is 24.7 Å². The Labute approximate surface area is 92.6 Å². The van der Waals surface area contributed by atoms with E-state index < -0.39 is 5.54 Å². The Balaban J connectivity index is 2.63. The van der Waals surface area contributed by atoms with Crippen LogP contribution in [0.15, 0.2) is 0 Å². The van der Waals surface area contributed by atoms with Crippen molar-refractivity contribution in [3.8, 4) is 0 Å². The van der Waals surface area contributed by atoms with E-state index in [-0.39, 0.29) is 5.97 Å². The molecular formula is C12H23NO2. The number of hydrogen-bond donors (Lipinski definition) is 1. The molecule has 1 aliphatic carbocycles. The third-order valence-corrected chi connectivity index (χ3v) is 3.31. The van der Waals surface area contributed by atoms with Crippen LogP contribution in [0.3, 0.4) is 0 Å². The molecule has 0 aromatic carbocycles. The molecule has 0 aliphatic heterocycles. The second kappa shape index (κ2) is 4.52. The number of rotatable bonds is 4. The molecule has 3 nitrogen and oxygen atoms in total. The summed E-state index contributed by atoms with van der Waals surface area (Å²) in [5.41, 5.74) is -0.405. The fourth-order valence-corrected chi connectivity index (χ4v) is 2.40. The molecule has 1 saturated carbocycles. The van der Waals surface area contributed by atoms with E-state index in [1.165, 1.54) is 7.11 Å². The average molecular weight is 213 g/mol. The molecule has 1 N–H and O–H groups in total. The number of hydrogen-bond acceptors (Lipinski definition) is 3. The summed E-state index contributed by atoms with van der Waals surface area (Å²) >= 11 is 0. The Morgan fingerprint density at radius 3 is 2.20 bits per heavy atom. The van der Waals surface area contributed by atoms with Crippen molar-refractivity contribution in [3.05, 3.63) is 0 Å². The van der Waals surface area contributed by atoms with E-state index in [4.69, 9.17) is 4.74 Å². The molecule has 1 fully saturated rings. The summed E-state index contributed by atoms with van der Waals surface area (Å²) in [4.78, 5) is 11.7. The fourth-order valence-electron chi connectivity index (χ4n) is 2.40. The van der Waals surface area contributed by atoms with E-state index in [9.17, 15) is 4.79 Å². The minimum Gasteiger partial charge on any atom is -0.468 e. The minimum atomic E-state index is -0.405. The molecule has 0 aromatic heterocycles. The monoisotopic (exact) mass is 213 g/mol. The lowest BCUT2D eigenvalue weighted by atomic mass is 9.63. The Hall–Kier alpha value is -0.570. The first kappa shape index (κ1) is 12.5. The summed E-state index contributed by atoms with van der Waals surface area (Å²) in [6, 6.07) is 0.317. The number of esters is 1. The van der Waals surface area contributed by atoms with Crippen molar-refractivity contribution in [2.45, 2.75) is 52.1 Å². The van der Waals surface area contributed by atoms with Crippen molar-refractivity contribution in [2.24, 2.45) is 11.8 Å². The quantitative estimate of drug-likeness (QED) is 0.725. The summed E-state index contributed by atoms with van der Waals surface area (Å²) in [5, 5.41) is 3.35. The van der Waals surface area contributed by atoms with Gasteiger partial charge in [-0.3, -0.25) is 10.1 Å². The van der Waals surface area contributed by atoms with Crippen molar-refractivity contribution < 1.29 is 9.53 Å². The standard InChI is InChI=1S/C12H23NO2/c1-8(2)10-6-12(7-10,11(14)15-5)13-9(3)4/h8-10,13H,6-7H2,1-5H3. The Bertz CT molecular complexity index is 230.